The highest BCUT2D eigenvalue weighted by atomic mass is 16.4. The number of aliphatic carboxylic acids is 1. The Labute approximate surface area is 106 Å². The summed E-state index contributed by atoms with van der Waals surface area (Å²) in [5.41, 5.74) is -0.496. The van der Waals surface area contributed by atoms with Gasteiger partial charge in [-0.15, -0.1) is 0 Å². The van der Waals surface area contributed by atoms with Crippen molar-refractivity contribution in [2.45, 2.75) is 45.2 Å². The van der Waals surface area contributed by atoms with Crippen LogP contribution in [0.25, 0.3) is 0 Å². The van der Waals surface area contributed by atoms with Gasteiger partial charge in [-0.3, -0.25) is 9.59 Å². The minimum atomic E-state index is -0.851. The van der Waals surface area contributed by atoms with Crippen molar-refractivity contribution in [2.75, 3.05) is 0 Å². The molecule has 1 rings (SSSR count). The fourth-order valence-electron chi connectivity index (χ4n) is 1.57. The van der Waals surface area contributed by atoms with Crippen molar-refractivity contribution in [3.63, 3.8) is 0 Å². The normalized spacial score (nSPS) is 11.2. The van der Waals surface area contributed by atoms with Gasteiger partial charge in [0.1, 0.15) is 0 Å². The number of aromatic nitrogens is 2. The lowest BCUT2D eigenvalue weighted by atomic mass is 9.98. The summed E-state index contributed by atoms with van der Waals surface area (Å²) < 4.78 is 1.82. The predicted molar refractivity (Wildman–Crippen MR) is 65.9 cm³/mol. The molecule has 0 aliphatic carbocycles. The number of imidazole rings is 1. The van der Waals surface area contributed by atoms with E-state index in [1.807, 2.05) is 18.4 Å². The Morgan fingerprint density at radius 1 is 1.39 bits per heavy atom. The molecule has 6 heteroatoms. The van der Waals surface area contributed by atoms with Gasteiger partial charge in [0, 0.05) is 37.3 Å². The molecule has 0 bridgehead atoms. The van der Waals surface area contributed by atoms with Crippen LogP contribution < -0.4 is 5.32 Å². The van der Waals surface area contributed by atoms with Gasteiger partial charge in [0.15, 0.2) is 0 Å². The van der Waals surface area contributed by atoms with E-state index >= 15 is 0 Å². The van der Waals surface area contributed by atoms with Crippen LogP contribution in [0.2, 0.25) is 0 Å². The lowest BCUT2D eigenvalue weighted by molar-refractivity contribution is -0.137. The minimum Gasteiger partial charge on any atom is -0.481 e. The first-order valence-electron chi connectivity index (χ1n) is 5.87. The fourth-order valence-corrected chi connectivity index (χ4v) is 1.57. The monoisotopic (exact) mass is 253 g/mol. The summed E-state index contributed by atoms with van der Waals surface area (Å²) in [6, 6.07) is 0. The van der Waals surface area contributed by atoms with Crippen molar-refractivity contribution in [3.8, 4) is 0 Å². The van der Waals surface area contributed by atoms with Crippen LogP contribution in [0.3, 0.4) is 0 Å². The van der Waals surface area contributed by atoms with E-state index in [2.05, 4.69) is 10.3 Å². The molecule has 0 saturated carbocycles. The Bertz CT molecular complexity index is 399. The van der Waals surface area contributed by atoms with Crippen LogP contribution in [0.15, 0.2) is 18.7 Å². The van der Waals surface area contributed by atoms with Crippen molar-refractivity contribution in [2.24, 2.45) is 0 Å². The summed E-state index contributed by atoms with van der Waals surface area (Å²) in [5, 5.41) is 11.5. The lowest BCUT2D eigenvalue weighted by Gasteiger charge is -2.25. The molecular weight excluding hydrogens is 234 g/mol. The van der Waals surface area contributed by atoms with Crippen LogP contribution >= 0.6 is 0 Å². The highest BCUT2D eigenvalue weighted by Gasteiger charge is 2.21. The molecule has 0 aromatic carbocycles. The van der Waals surface area contributed by atoms with E-state index in [0.717, 1.165) is 0 Å². The molecular formula is C12H19N3O3. The van der Waals surface area contributed by atoms with Gasteiger partial charge in [0.2, 0.25) is 5.91 Å². The van der Waals surface area contributed by atoms with Gasteiger partial charge in [-0.05, 0) is 20.3 Å². The molecule has 1 aromatic rings. The summed E-state index contributed by atoms with van der Waals surface area (Å²) in [7, 11) is 0. The Hall–Kier alpha value is -1.85. The van der Waals surface area contributed by atoms with E-state index in [1.54, 1.807) is 18.7 Å². The predicted octanol–water partition coefficient (Wildman–Crippen LogP) is 1.03. The zero-order chi connectivity index (χ0) is 13.6. The van der Waals surface area contributed by atoms with Crippen molar-refractivity contribution in [1.29, 1.82) is 0 Å². The SMILES string of the molecule is CC(C)(CCC(=O)O)NC(=O)CCn1ccnc1. The fraction of sp³-hybridized carbons (Fsp3) is 0.583. The van der Waals surface area contributed by atoms with E-state index in [-0.39, 0.29) is 12.3 Å². The quantitative estimate of drug-likeness (QED) is 0.760. The molecule has 0 aliphatic heterocycles. The second-order valence-electron chi connectivity index (χ2n) is 4.88. The Morgan fingerprint density at radius 3 is 2.67 bits per heavy atom. The molecule has 0 radical (unpaired) electrons. The summed E-state index contributed by atoms with van der Waals surface area (Å²) in [6.45, 7) is 4.22. The van der Waals surface area contributed by atoms with E-state index < -0.39 is 11.5 Å². The highest BCUT2D eigenvalue weighted by Crippen LogP contribution is 2.11. The second kappa shape index (κ2) is 6.18. The number of hydrogen-bond donors (Lipinski definition) is 2. The maximum absolute atomic E-state index is 11.7. The van der Waals surface area contributed by atoms with Crippen LogP contribution in [0, 0.1) is 0 Å². The number of nitrogens with one attached hydrogen (secondary N) is 1. The first kappa shape index (κ1) is 14.2. The topological polar surface area (TPSA) is 84.2 Å². The Morgan fingerprint density at radius 2 is 2.11 bits per heavy atom. The molecule has 0 atom stereocenters. The molecule has 1 amide bonds. The Balaban J connectivity index is 2.31. The first-order valence-corrected chi connectivity index (χ1v) is 5.87. The molecule has 1 heterocycles. The average molecular weight is 253 g/mol. The van der Waals surface area contributed by atoms with Crippen LogP contribution in [-0.4, -0.2) is 32.1 Å². The van der Waals surface area contributed by atoms with E-state index in [4.69, 9.17) is 5.11 Å². The summed E-state index contributed by atoms with van der Waals surface area (Å²) >= 11 is 0. The Kier molecular flexibility index (Phi) is 4.88. The van der Waals surface area contributed by atoms with E-state index in [1.165, 1.54) is 0 Å². The first-order chi connectivity index (χ1) is 8.39. The number of nitrogens with zero attached hydrogens (tertiary/aromatic N) is 2. The zero-order valence-corrected chi connectivity index (χ0v) is 10.7. The summed E-state index contributed by atoms with van der Waals surface area (Å²) in [4.78, 5) is 26.1. The van der Waals surface area contributed by atoms with Crippen LogP contribution in [0.5, 0.6) is 0 Å². The number of carboxylic acids is 1. The third-order valence-corrected chi connectivity index (χ3v) is 2.60. The largest absolute Gasteiger partial charge is 0.481 e. The van der Waals surface area contributed by atoms with E-state index in [0.29, 0.717) is 19.4 Å². The maximum atomic E-state index is 11.7. The van der Waals surface area contributed by atoms with Gasteiger partial charge < -0.3 is 15.0 Å². The van der Waals surface area contributed by atoms with Gasteiger partial charge in [-0.25, -0.2) is 4.98 Å². The number of rotatable bonds is 7. The highest BCUT2D eigenvalue weighted by molar-refractivity contribution is 5.76. The number of carbonyl (C=O) groups excluding carboxylic acids is 1. The summed E-state index contributed by atoms with van der Waals surface area (Å²) in [6.07, 6.45) is 5.93. The van der Waals surface area contributed by atoms with Crippen molar-refractivity contribution in [3.05, 3.63) is 18.7 Å². The van der Waals surface area contributed by atoms with Crippen LogP contribution in [0.4, 0.5) is 0 Å². The van der Waals surface area contributed by atoms with Crippen molar-refractivity contribution in [1.82, 2.24) is 14.9 Å². The van der Waals surface area contributed by atoms with E-state index in [9.17, 15) is 9.59 Å². The smallest absolute Gasteiger partial charge is 0.303 e. The molecule has 2 N–H and O–H groups in total. The second-order valence-corrected chi connectivity index (χ2v) is 4.88. The van der Waals surface area contributed by atoms with Gasteiger partial charge >= 0.3 is 5.97 Å². The molecule has 0 fully saturated rings. The van der Waals surface area contributed by atoms with Crippen LogP contribution in [0.1, 0.15) is 33.1 Å². The molecule has 0 aliphatic rings. The molecule has 6 nitrogen and oxygen atoms in total. The lowest BCUT2D eigenvalue weighted by Crippen LogP contribution is -2.43. The van der Waals surface area contributed by atoms with Crippen molar-refractivity contribution < 1.29 is 14.7 Å². The number of carbonyl (C=O) groups is 2. The maximum Gasteiger partial charge on any atom is 0.303 e. The number of carboxylic acid groups (broad SMARTS) is 1. The van der Waals surface area contributed by atoms with Gasteiger partial charge in [0.25, 0.3) is 0 Å². The standard InChI is InChI=1S/C12H19N3O3/c1-12(2,5-3-11(17)18)14-10(16)4-7-15-8-6-13-9-15/h6,8-9H,3-5,7H2,1-2H3,(H,14,16)(H,17,18). The number of amides is 1. The van der Waals surface area contributed by atoms with Gasteiger partial charge in [-0.2, -0.15) is 0 Å². The third kappa shape index (κ3) is 5.47. The number of aryl methyl sites for hydroxylation is 1. The molecule has 0 saturated heterocycles. The van der Waals surface area contributed by atoms with Crippen LogP contribution in [-0.2, 0) is 16.1 Å². The average Bonchev–Trinajstić information content (AvgIpc) is 2.76. The van der Waals surface area contributed by atoms with Gasteiger partial charge in [0.05, 0.1) is 6.33 Å². The number of hydrogen-bond acceptors (Lipinski definition) is 3. The molecule has 100 valence electrons. The minimum absolute atomic E-state index is 0.0504. The molecule has 0 unspecified atom stereocenters. The molecule has 0 spiro atoms. The third-order valence-electron chi connectivity index (χ3n) is 2.60. The summed E-state index contributed by atoms with van der Waals surface area (Å²) in [5.74, 6) is -0.935. The molecule has 18 heavy (non-hydrogen) atoms. The van der Waals surface area contributed by atoms with Gasteiger partial charge in [-0.1, -0.05) is 0 Å². The molecule has 1 aromatic heterocycles. The zero-order valence-electron chi connectivity index (χ0n) is 10.7. The van der Waals surface area contributed by atoms with Crippen molar-refractivity contribution >= 4 is 11.9 Å².